The molecule has 2 atom stereocenters. The van der Waals surface area contributed by atoms with E-state index in [4.69, 9.17) is 16.3 Å². The van der Waals surface area contributed by atoms with Gasteiger partial charge in [0.25, 0.3) is 0 Å². The molecule has 5 nitrogen and oxygen atoms in total. The zero-order valence-corrected chi connectivity index (χ0v) is 11.6. The Morgan fingerprint density at radius 3 is 3.05 bits per heavy atom. The number of nitrogens with zero attached hydrogens (tertiary/aromatic N) is 1. The minimum absolute atomic E-state index is 0.0686. The number of anilines is 1. The first-order valence-electron chi connectivity index (χ1n) is 6.44. The maximum Gasteiger partial charge on any atom is 0.232 e. The Morgan fingerprint density at radius 2 is 2.37 bits per heavy atom. The molecule has 1 aliphatic heterocycles. The Morgan fingerprint density at radius 1 is 1.53 bits per heavy atom. The Balaban J connectivity index is 1.93. The lowest BCUT2D eigenvalue weighted by atomic mass is 10.0. The van der Waals surface area contributed by atoms with Crippen LogP contribution in [0.4, 0.5) is 5.82 Å². The number of carbonyl (C=O) groups is 1. The lowest BCUT2D eigenvalue weighted by Gasteiger charge is -2.18. The summed E-state index contributed by atoms with van der Waals surface area (Å²) >= 11 is 5.75. The average molecular weight is 284 g/mol. The average Bonchev–Trinajstić information content (AvgIpc) is 2.87. The molecule has 0 aromatic carbocycles. The molecule has 1 amide bonds. The van der Waals surface area contributed by atoms with E-state index in [0.29, 0.717) is 24.1 Å². The van der Waals surface area contributed by atoms with Gasteiger partial charge in [-0.1, -0.05) is 18.5 Å². The monoisotopic (exact) mass is 283 g/mol. The molecule has 0 radical (unpaired) electrons. The van der Waals surface area contributed by atoms with Crippen molar-refractivity contribution in [1.82, 2.24) is 10.3 Å². The van der Waals surface area contributed by atoms with Crippen LogP contribution in [0.25, 0.3) is 0 Å². The summed E-state index contributed by atoms with van der Waals surface area (Å²) in [7, 11) is 0. The van der Waals surface area contributed by atoms with Gasteiger partial charge in [0.05, 0.1) is 24.2 Å². The highest BCUT2D eigenvalue weighted by Gasteiger charge is 2.33. The van der Waals surface area contributed by atoms with Crippen LogP contribution in [0.2, 0.25) is 5.02 Å². The number of rotatable bonds is 5. The molecule has 0 bridgehead atoms. The fraction of sp³-hybridized carbons (Fsp3) is 0.538. The van der Waals surface area contributed by atoms with Crippen molar-refractivity contribution in [3.63, 3.8) is 0 Å². The first-order valence-corrected chi connectivity index (χ1v) is 6.82. The topological polar surface area (TPSA) is 63.2 Å². The third kappa shape index (κ3) is 3.89. The van der Waals surface area contributed by atoms with Crippen LogP contribution in [0.1, 0.15) is 13.3 Å². The summed E-state index contributed by atoms with van der Waals surface area (Å²) in [5, 5.41) is 6.66. The van der Waals surface area contributed by atoms with Gasteiger partial charge in [-0.3, -0.25) is 4.79 Å². The number of pyridine rings is 1. The number of ether oxygens (including phenoxy) is 1. The van der Waals surface area contributed by atoms with Crippen molar-refractivity contribution in [2.24, 2.45) is 5.92 Å². The highest BCUT2D eigenvalue weighted by Crippen LogP contribution is 2.17. The molecule has 2 N–H and O–H groups in total. The Hall–Kier alpha value is -1.17. The predicted molar refractivity (Wildman–Crippen MR) is 74.3 cm³/mol. The molecule has 2 rings (SSSR count). The molecule has 1 aromatic heterocycles. The number of hydrogen-bond donors (Lipinski definition) is 2. The molecule has 0 spiro atoms. The van der Waals surface area contributed by atoms with E-state index in [0.717, 1.165) is 13.0 Å². The number of aromatic nitrogens is 1. The van der Waals surface area contributed by atoms with Gasteiger partial charge in [-0.15, -0.1) is 0 Å². The molecule has 104 valence electrons. The maximum absolute atomic E-state index is 12.2. The van der Waals surface area contributed by atoms with Crippen molar-refractivity contribution < 1.29 is 9.53 Å². The van der Waals surface area contributed by atoms with Gasteiger partial charge in [0, 0.05) is 12.2 Å². The molecule has 1 aliphatic rings. The van der Waals surface area contributed by atoms with E-state index in [9.17, 15) is 4.79 Å². The summed E-state index contributed by atoms with van der Waals surface area (Å²) in [5.41, 5.74) is 0. The molecule has 1 fully saturated rings. The molecule has 1 aromatic rings. The van der Waals surface area contributed by atoms with E-state index in [1.807, 2.05) is 0 Å². The van der Waals surface area contributed by atoms with Gasteiger partial charge in [0.1, 0.15) is 5.82 Å². The van der Waals surface area contributed by atoms with E-state index in [-0.39, 0.29) is 17.9 Å². The van der Waals surface area contributed by atoms with Crippen LogP contribution in [0.5, 0.6) is 0 Å². The highest BCUT2D eigenvalue weighted by molar-refractivity contribution is 6.30. The largest absolute Gasteiger partial charge is 0.379 e. The van der Waals surface area contributed by atoms with Gasteiger partial charge < -0.3 is 15.4 Å². The van der Waals surface area contributed by atoms with E-state index < -0.39 is 0 Å². The summed E-state index contributed by atoms with van der Waals surface area (Å²) in [6.45, 7) is 4.00. The van der Waals surface area contributed by atoms with Crippen molar-refractivity contribution in [3.05, 3.63) is 23.4 Å². The van der Waals surface area contributed by atoms with Crippen LogP contribution in [-0.4, -0.2) is 36.7 Å². The van der Waals surface area contributed by atoms with Crippen molar-refractivity contribution in [3.8, 4) is 0 Å². The Labute approximate surface area is 117 Å². The lowest BCUT2D eigenvalue weighted by Crippen LogP contribution is -2.41. The zero-order valence-electron chi connectivity index (χ0n) is 10.9. The standard InChI is InChI=1S/C13H18ClN3O2/c1-2-5-15-11-8-19-7-10(11)13(18)17-12-4-3-9(14)6-16-12/h3-4,6,10-11,15H,2,5,7-8H2,1H3,(H,16,17,18). The highest BCUT2D eigenvalue weighted by atomic mass is 35.5. The minimum Gasteiger partial charge on any atom is -0.379 e. The van der Waals surface area contributed by atoms with Crippen LogP contribution in [0.3, 0.4) is 0 Å². The van der Waals surface area contributed by atoms with Crippen molar-refractivity contribution in [1.29, 1.82) is 0 Å². The van der Waals surface area contributed by atoms with E-state index >= 15 is 0 Å². The normalized spacial score (nSPS) is 22.4. The summed E-state index contributed by atoms with van der Waals surface area (Å²) in [4.78, 5) is 16.2. The Kier molecular flexibility index (Phi) is 5.13. The molecule has 0 saturated carbocycles. The van der Waals surface area contributed by atoms with Crippen LogP contribution in [0, 0.1) is 5.92 Å². The van der Waals surface area contributed by atoms with Crippen LogP contribution >= 0.6 is 11.6 Å². The van der Waals surface area contributed by atoms with Gasteiger partial charge in [0.2, 0.25) is 5.91 Å². The van der Waals surface area contributed by atoms with Gasteiger partial charge in [-0.2, -0.15) is 0 Å². The molecule has 2 unspecified atom stereocenters. The van der Waals surface area contributed by atoms with E-state index in [1.54, 1.807) is 12.1 Å². The SMILES string of the molecule is CCCNC1COCC1C(=O)Nc1ccc(Cl)cn1. The smallest absolute Gasteiger partial charge is 0.232 e. The summed E-state index contributed by atoms with van der Waals surface area (Å²) in [5.74, 6) is 0.264. The maximum atomic E-state index is 12.2. The number of hydrogen-bond acceptors (Lipinski definition) is 4. The summed E-state index contributed by atoms with van der Waals surface area (Å²) in [6.07, 6.45) is 2.54. The zero-order chi connectivity index (χ0) is 13.7. The van der Waals surface area contributed by atoms with Crippen molar-refractivity contribution in [2.45, 2.75) is 19.4 Å². The lowest BCUT2D eigenvalue weighted by molar-refractivity contribution is -0.120. The molecule has 6 heteroatoms. The Bertz CT molecular complexity index is 424. The van der Waals surface area contributed by atoms with E-state index in [1.165, 1.54) is 6.20 Å². The second-order valence-electron chi connectivity index (χ2n) is 4.56. The number of nitrogens with one attached hydrogen (secondary N) is 2. The molecular formula is C13H18ClN3O2. The molecule has 19 heavy (non-hydrogen) atoms. The van der Waals surface area contributed by atoms with Crippen LogP contribution in [-0.2, 0) is 9.53 Å². The molecular weight excluding hydrogens is 266 g/mol. The second kappa shape index (κ2) is 6.84. The minimum atomic E-state index is -0.177. The molecule has 2 heterocycles. The number of amides is 1. The summed E-state index contributed by atoms with van der Waals surface area (Å²) < 4.78 is 5.38. The van der Waals surface area contributed by atoms with Crippen LogP contribution < -0.4 is 10.6 Å². The van der Waals surface area contributed by atoms with E-state index in [2.05, 4.69) is 22.5 Å². The van der Waals surface area contributed by atoms with Crippen molar-refractivity contribution in [2.75, 3.05) is 25.1 Å². The quantitative estimate of drug-likeness (QED) is 0.863. The van der Waals surface area contributed by atoms with Crippen molar-refractivity contribution >= 4 is 23.3 Å². The fourth-order valence-corrected chi connectivity index (χ4v) is 2.12. The fourth-order valence-electron chi connectivity index (χ4n) is 2.01. The van der Waals surface area contributed by atoms with Gasteiger partial charge in [-0.05, 0) is 25.1 Å². The third-order valence-electron chi connectivity index (χ3n) is 3.05. The second-order valence-corrected chi connectivity index (χ2v) is 4.99. The first kappa shape index (κ1) is 14.2. The van der Waals surface area contributed by atoms with Gasteiger partial charge in [-0.25, -0.2) is 4.98 Å². The predicted octanol–water partition coefficient (Wildman–Crippen LogP) is 1.69. The van der Waals surface area contributed by atoms with Gasteiger partial charge >= 0.3 is 0 Å². The van der Waals surface area contributed by atoms with Crippen LogP contribution in [0.15, 0.2) is 18.3 Å². The third-order valence-corrected chi connectivity index (χ3v) is 3.28. The number of halogens is 1. The molecule has 1 saturated heterocycles. The van der Waals surface area contributed by atoms with Gasteiger partial charge in [0.15, 0.2) is 0 Å². The first-order chi connectivity index (χ1) is 9.20. The number of carbonyl (C=O) groups excluding carboxylic acids is 1. The molecule has 0 aliphatic carbocycles. The summed E-state index contributed by atoms with van der Waals surface area (Å²) in [6, 6.07) is 3.46.